The number of fused-ring (bicyclic) bond motifs is 1. The molecule has 11 heteroatoms. The summed E-state index contributed by atoms with van der Waals surface area (Å²) in [6.45, 7) is -2.21. The second-order valence-corrected chi connectivity index (χ2v) is 5.15. The van der Waals surface area contributed by atoms with Gasteiger partial charge in [0.1, 0.15) is 30.6 Å². The van der Waals surface area contributed by atoms with Crippen LogP contribution in [0.3, 0.4) is 0 Å². The molecule has 1 saturated heterocycles. The number of nitrogens with two attached hydrogens (primary N) is 1. The van der Waals surface area contributed by atoms with Crippen LogP contribution in [0.4, 0.5) is 13.2 Å². The number of hydrogen-bond acceptors (Lipinski definition) is 7. The number of aliphatic hydroxyl groups excluding tert-OH is 2. The third-order valence-electron chi connectivity index (χ3n) is 3.81. The maximum absolute atomic E-state index is 14.3. The van der Waals surface area contributed by atoms with Crippen molar-refractivity contribution in [2.45, 2.75) is 30.1 Å². The van der Waals surface area contributed by atoms with Crippen molar-refractivity contribution in [2.75, 3.05) is 13.3 Å². The molecule has 0 spiro atoms. The molecule has 0 bridgehead atoms. The van der Waals surface area contributed by atoms with Crippen LogP contribution < -0.4 is 11.1 Å². The van der Waals surface area contributed by atoms with Gasteiger partial charge in [-0.2, -0.15) is 4.39 Å². The van der Waals surface area contributed by atoms with E-state index in [1.807, 2.05) is 0 Å². The van der Waals surface area contributed by atoms with E-state index in [9.17, 15) is 23.4 Å². The molecule has 0 amide bonds. The highest BCUT2D eigenvalue weighted by atomic mass is 19.1. The van der Waals surface area contributed by atoms with Gasteiger partial charge in [0, 0.05) is 0 Å². The van der Waals surface area contributed by atoms with E-state index in [1.165, 1.54) is 0 Å². The maximum atomic E-state index is 14.3. The third-order valence-corrected chi connectivity index (χ3v) is 3.81. The number of alkyl halides is 2. The molecule has 8 nitrogen and oxygen atoms in total. The summed E-state index contributed by atoms with van der Waals surface area (Å²) in [5, 5.41) is 24.7. The predicted molar refractivity (Wildman–Crippen MR) is 66.8 cm³/mol. The highest BCUT2D eigenvalue weighted by Crippen LogP contribution is 2.42. The molecule has 3 rings (SSSR count). The van der Waals surface area contributed by atoms with Gasteiger partial charge in [0.15, 0.2) is 12.0 Å². The summed E-state index contributed by atoms with van der Waals surface area (Å²) in [4.78, 5) is 3.89. The van der Waals surface area contributed by atoms with E-state index >= 15 is 0 Å². The first-order chi connectivity index (χ1) is 10.4. The van der Waals surface area contributed by atoms with Gasteiger partial charge in [-0.15, -0.1) is 5.10 Å². The molecule has 0 radical (unpaired) electrons. The van der Waals surface area contributed by atoms with Gasteiger partial charge in [-0.25, -0.2) is 18.4 Å². The summed E-state index contributed by atoms with van der Waals surface area (Å²) in [6, 6.07) is 0. The van der Waals surface area contributed by atoms with Crippen LogP contribution in [0, 0.1) is 0 Å². The minimum atomic E-state index is -2.08. The van der Waals surface area contributed by atoms with E-state index in [0.717, 1.165) is 10.9 Å². The molecule has 1 unspecified atom stereocenters. The van der Waals surface area contributed by atoms with Crippen LogP contribution in [0.25, 0.3) is 0 Å². The van der Waals surface area contributed by atoms with Gasteiger partial charge >= 0.3 is 6.09 Å². The predicted octanol–water partition coefficient (Wildman–Crippen LogP) is -0.997. The Balaban J connectivity index is 2.00. The van der Waals surface area contributed by atoms with Gasteiger partial charge < -0.3 is 26.0 Å². The van der Waals surface area contributed by atoms with Crippen LogP contribution in [0.5, 0.6) is 0 Å². The number of nitrogens with one attached hydrogen (secondary N) is 1. The normalized spacial score (nSPS) is 37.6. The average molecular weight is 321 g/mol. The first-order valence-electron chi connectivity index (χ1n) is 6.44. The Bertz CT molecular complexity index is 606. The third kappa shape index (κ3) is 2.00. The quantitative estimate of drug-likeness (QED) is 0.531. The van der Waals surface area contributed by atoms with Gasteiger partial charge in [-0.3, -0.25) is 0 Å². The van der Waals surface area contributed by atoms with E-state index in [4.69, 9.17) is 10.5 Å². The van der Waals surface area contributed by atoms with Crippen LogP contribution >= 0.6 is 0 Å². The van der Waals surface area contributed by atoms with Crippen LogP contribution in [0.1, 0.15) is 23.8 Å². The lowest BCUT2D eigenvalue weighted by molar-refractivity contribution is -0.124. The zero-order valence-electron chi connectivity index (χ0n) is 11.2. The molecule has 122 valence electrons. The van der Waals surface area contributed by atoms with Crippen molar-refractivity contribution in [3.63, 3.8) is 0 Å². The van der Waals surface area contributed by atoms with Crippen LogP contribution in [0.2, 0.25) is 0 Å². The molecule has 1 fully saturated rings. The van der Waals surface area contributed by atoms with Gasteiger partial charge in [0.2, 0.25) is 0 Å². The Labute approximate surface area is 122 Å². The number of amidine groups is 1. The summed E-state index contributed by atoms with van der Waals surface area (Å²) >= 11 is 0. The molecular weight excluding hydrogens is 307 g/mol. The molecule has 2 aliphatic rings. The number of nitrogens with zero attached hydrogens (tertiary/aromatic N) is 3. The number of aromatic nitrogens is 2. The van der Waals surface area contributed by atoms with Crippen molar-refractivity contribution >= 4 is 6.09 Å². The SMILES string of the molecule is NC1NC(F)=Nn2c([C@@H]3O[C@@](CO)(CF)[C@@H](O)[C@H]3F)cnc21. The molecule has 0 saturated carbocycles. The Morgan fingerprint density at radius 3 is 2.86 bits per heavy atom. The fourth-order valence-electron chi connectivity index (χ4n) is 2.55. The lowest BCUT2D eigenvalue weighted by atomic mass is 9.97. The van der Waals surface area contributed by atoms with Crippen molar-refractivity contribution in [3.8, 4) is 0 Å². The van der Waals surface area contributed by atoms with Crippen molar-refractivity contribution in [3.05, 3.63) is 17.7 Å². The van der Waals surface area contributed by atoms with Gasteiger partial charge in [0.25, 0.3) is 0 Å². The molecule has 2 aliphatic heterocycles. The summed E-state index contributed by atoms with van der Waals surface area (Å²) in [7, 11) is 0. The summed E-state index contributed by atoms with van der Waals surface area (Å²) < 4.78 is 46.9. The molecule has 0 aliphatic carbocycles. The summed E-state index contributed by atoms with van der Waals surface area (Å²) in [5.74, 6) is 0.100. The fourth-order valence-corrected chi connectivity index (χ4v) is 2.55. The first kappa shape index (κ1) is 15.2. The van der Waals surface area contributed by atoms with E-state index in [-0.39, 0.29) is 11.5 Å². The van der Waals surface area contributed by atoms with E-state index in [0.29, 0.717) is 0 Å². The topological polar surface area (TPSA) is 118 Å². The van der Waals surface area contributed by atoms with Gasteiger partial charge in [-0.1, -0.05) is 0 Å². The number of halogens is 3. The summed E-state index contributed by atoms with van der Waals surface area (Å²) in [6.07, 6.45) is -6.27. The molecule has 22 heavy (non-hydrogen) atoms. The Hall–Kier alpha value is -1.69. The second-order valence-electron chi connectivity index (χ2n) is 5.15. The summed E-state index contributed by atoms with van der Waals surface area (Å²) in [5.41, 5.74) is 3.50. The number of aliphatic hydroxyl groups is 2. The second kappa shape index (κ2) is 5.19. The maximum Gasteiger partial charge on any atom is 0.301 e. The standard InChI is InChI=1S/C11H14F3N5O3/c12-2-11(3-20)7(21)5(13)6(22-11)4-1-16-9-8(15)17-10(14)18-19(4)9/h1,5-8,20-21H,2-3,15H2,(H,17,18)/t5-,6-,7-,8?,11+/m0/s1. The van der Waals surface area contributed by atoms with Crippen LogP contribution in [0.15, 0.2) is 11.3 Å². The lowest BCUT2D eigenvalue weighted by Gasteiger charge is -2.26. The zero-order valence-corrected chi connectivity index (χ0v) is 11.2. The van der Waals surface area contributed by atoms with Crippen LogP contribution in [-0.4, -0.2) is 57.1 Å². The smallest absolute Gasteiger partial charge is 0.301 e. The molecule has 5 atom stereocenters. The lowest BCUT2D eigenvalue weighted by Crippen LogP contribution is -2.47. The largest absolute Gasteiger partial charge is 0.393 e. The van der Waals surface area contributed by atoms with E-state index in [2.05, 4.69) is 15.4 Å². The Morgan fingerprint density at radius 1 is 1.55 bits per heavy atom. The molecule has 1 aromatic heterocycles. The molecule has 0 aromatic carbocycles. The average Bonchev–Trinajstić information content (AvgIpc) is 3.01. The minimum Gasteiger partial charge on any atom is -0.393 e. The monoisotopic (exact) mass is 321 g/mol. The highest BCUT2D eigenvalue weighted by Gasteiger charge is 2.56. The molecule has 5 N–H and O–H groups in total. The Kier molecular flexibility index (Phi) is 3.59. The van der Waals surface area contributed by atoms with Crippen molar-refractivity contribution < 1.29 is 28.1 Å². The number of imidazole rings is 1. The van der Waals surface area contributed by atoms with Crippen molar-refractivity contribution in [2.24, 2.45) is 10.8 Å². The molecule has 3 heterocycles. The van der Waals surface area contributed by atoms with Crippen molar-refractivity contribution in [1.82, 2.24) is 15.0 Å². The molecule has 1 aromatic rings. The number of rotatable bonds is 3. The van der Waals surface area contributed by atoms with E-state index in [1.54, 1.807) is 0 Å². The first-order valence-corrected chi connectivity index (χ1v) is 6.44. The van der Waals surface area contributed by atoms with Crippen molar-refractivity contribution in [1.29, 1.82) is 0 Å². The molecular formula is C11H14F3N5O3. The highest BCUT2D eigenvalue weighted by molar-refractivity contribution is 5.73. The number of ether oxygens (including phenoxy) is 1. The van der Waals surface area contributed by atoms with E-state index < -0.39 is 49.5 Å². The minimum absolute atomic E-state index is 0.0441. The fraction of sp³-hybridized carbons (Fsp3) is 0.636. The van der Waals surface area contributed by atoms with Gasteiger partial charge in [0.05, 0.1) is 18.5 Å². The van der Waals surface area contributed by atoms with Crippen LogP contribution in [-0.2, 0) is 4.74 Å². The Morgan fingerprint density at radius 2 is 2.27 bits per heavy atom. The van der Waals surface area contributed by atoms with Gasteiger partial charge in [-0.05, 0) is 0 Å². The number of hydrogen-bond donors (Lipinski definition) is 4. The zero-order chi connectivity index (χ0) is 16.1.